The van der Waals surface area contributed by atoms with Crippen molar-refractivity contribution in [3.8, 4) is 0 Å². The van der Waals surface area contributed by atoms with Crippen LogP contribution in [0.4, 0.5) is 0 Å². The lowest BCUT2D eigenvalue weighted by Gasteiger charge is -2.29. The van der Waals surface area contributed by atoms with Gasteiger partial charge in [0.2, 0.25) is 0 Å². The van der Waals surface area contributed by atoms with E-state index in [4.69, 9.17) is 0 Å². The fourth-order valence-electron chi connectivity index (χ4n) is 3.57. The van der Waals surface area contributed by atoms with Crippen molar-refractivity contribution in [3.63, 3.8) is 0 Å². The Hall–Kier alpha value is -0.950. The topological polar surface area (TPSA) is 0 Å². The fraction of sp³-hybridized carbons (Fsp3) is 0.545. The Bertz CT molecular complexity index is 672. The molecule has 0 bridgehead atoms. The Morgan fingerprint density at radius 2 is 1.52 bits per heavy atom. The zero-order chi connectivity index (χ0) is 17.5. The molecule has 0 aromatic heterocycles. The highest BCUT2D eigenvalue weighted by molar-refractivity contribution is 8.03. The summed E-state index contributed by atoms with van der Waals surface area (Å²) in [5, 5.41) is 0.525. The summed E-state index contributed by atoms with van der Waals surface area (Å²) in [6.45, 7) is 20.8. The Kier molecular flexibility index (Phi) is 5.51. The Morgan fingerprint density at radius 3 is 2.04 bits per heavy atom. The predicted molar refractivity (Wildman–Crippen MR) is 108 cm³/mol. The van der Waals surface area contributed by atoms with E-state index in [0.717, 1.165) is 0 Å². The second-order valence-electron chi connectivity index (χ2n) is 7.59. The highest BCUT2D eigenvalue weighted by Gasteiger charge is 2.24. The third-order valence-electron chi connectivity index (χ3n) is 5.09. The number of rotatable bonds is 2. The van der Waals surface area contributed by atoms with Crippen LogP contribution in [0.2, 0.25) is 0 Å². The van der Waals surface area contributed by atoms with Crippen LogP contribution in [0.15, 0.2) is 17.0 Å². The molecule has 1 aliphatic rings. The molecule has 0 spiro atoms. The molecule has 0 N–H and O–H groups in total. The van der Waals surface area contributed by atoms with Crippen LogP contribution in [0.1, 0.15) is 82.2 Å². The van der Waals surface area contributed by atoms with Gasteiger partial charge in [0.1, 0.15) is 0 Å². The minimum Gasteiger partial charge on any atom is -0.123 e. The lowest BCUT2D eigenvalue weighted by Crippen LogP contribution is -2.11. The predicted octanol–water partition coefficient (Wildman–Crippen LogP) is 7.35. The van der Waals surface area contributed by atoms with Crippen LogP contribution in [0, 0.1) is 19.8 Å². The van der Waals surface area contributed by atoms with E-state index < -0.39 is 0 Å². The Morgan fingerprint density at radius 1 is 0.913 bits per heavy atom. The molecule has 0 saturated heterocycles. The van der Waals surface area contributed by atoms with Gasteiger partial charge < -0.3 is 0 Å². The molecule has 0 saturated carbocycles. The summed E-state index contributed by atoms with van der Waals surface area (Å²) in [6.07, 6.45) is 2.50. The van der Waals surface area contributed by atoms with Crippen molar-refractivity contribution >= 4 is 22.9 Å². The van der Waals surface area contributed by atoms with Gasteiger partial charge in [0.25, 0.3) is 0 Å². The van der Waals surface area contributed by atoms with Crippen molar-refractivity contribution in [1.82, 2.24) is 0 Å². The standard InChI is InChI=1S/C22H32S/c1-12(2)19-10-14(5)16(7)21-17(8)18(9)23-15(6)11-20(13(3)4)22(19)21/h10-13,15H,1-9H3/b18-17-,20-11-/t15-/m1/s1. The molecule has 0 aliphatic carbocycles. The molecule has 23 heavy (non-hydrogen) atoms. The molecule has 1 atom stereocenters. The van der Waals surface area contributed by atoms with Gasteiger partial charge in [-0.2, -0.15) is 0 Å². The van der Waals surface area contributed by atoms with E-state index in [1.165, 1.54) is 43.9 Å². The van der Waals surface area contributed by atoms with Gasteiger partial charge in [0.05, 0.1) is 0 Å². The zero-order valence-electron chi connectivity index (χ0n) is 16.3. The van der Waals surface area contributed by atoms with Crippen LogP contribution in [-0.4, -0.2) is 5.25 Å². The van der Waals surface area contributed by atoms with Gasteiger partial charge in [0.15, 0.2) is 0 Å². The first kappa shape index (κ1) is 18.4. The molecule has 2 rings (SSSR count). The largest absolute Gasteiger partial charge is 0.123 e. The van der Waals surface area contributed by atoms with Gasteiger partial charge in [-0.15, -0.1) is 11.8 Å². The molecule has 1 aromatic rings. The van der Waals surface area contributed by atoms with E-state index in [1.54, 1.807) is 0 Å². The number of thioether (sulfide) groups is 1. The van der Waals surface area contributed by atoms with Gasteiger partial charge in [0, 0.05) is 5.25 Å². The summed E-state index contributed by atoms with van der Waals surface area (Å²) in [4.78, 5) is 1.46. The van der Waals surface area contributed by atoms with E-state index in [1.807, 2.05) is 11.8 Å². The maximum atomic E-state index is 2.50. The molecule has 0 amide bonds. The van der Waals surface area contributed by atoms with Crippen LogP contribution in [0.25, 0.3) is 11.1 Å². The second-order valence-corrected chi connectivity index (χ2v) is 9.18. The van der Waals surface area contributed by atoms with Crippen LogP contribution in [-0.2, 0) is 0 Å². The molecule has 1 aliphatic heterocycles. The molecular weight excluding hydrogens is 296 g/mol. The zero-order valence-corrected chi connectivity index (χ0v) is 17.1. The van der Waals surface area contributed by atoms with E-state index in [9.17, 15) is 0 Å². The van der Waals surface area contributed by atoms with Crippen molar-refractivity contribution < 1.29 is 0 Å². The molecule has 0 radical (unpaired) electrons. The van der Waals surface area contributed by atoms with E-state index in [2.05, 4.69) is 74.5 Å². The molecule has 126 valence electrons. The molecule has 1 heterocycles. The highest BCUT2D eigenvalue weighted by atomic mass is 32.2. The quantitative estimate of drug-likeness (QED) is 0.546. The van der Waals surface area contributed by atoms with Crippen LogP contribution in [0.3, 0.4) is 0 Å². The normalized spacial score (nSPS) is 24.3. The van der Waals surface area contributed by atoms with Gasteiger partial charge in [-0.05, 0) is 90.3 Å². The smallest absolute Gasteiger partial charge is 0.0248 e. The fourth-order valence-corrected chi connectivity index (χ4v) is 4.62. The number of benzene rings is 1. The van der Waals surface area contributed by atoms with E-state index in [-0.39, 0.29) is 0 Å². The van der Waals surface area contributed by atoms with E-state index in [0.29, 0.717) is 17.1 Å². The Balaban J connectivity index is 2.98. The first-order chi connectivity index (χ1) is 10.6. The molecule has 1 aromatic carbocycles. The van der Waals surface area contributed by atoms with Gasteiger partial charge in [-0.3, -0.25) is 0 Å². The number of allylic oxidation sites excluding steroid dienone is 3. The minimum atomic E-state index is 0.525. The van der Waals surface area contributed by atoms with Crippen molar-refractivity contribution in [2.75, 3.05) is 0 Å². The van der Waals surface area contributed by atoms with Crippen molar-refractivity contribution in [1.29, 1.82) is 0 Å². The second kappa shape index (κ2) is 6.89. The molecule has 0 unspecified atom stereocenters. The molecule has 1 heteroatoms. The lowest BCUT2D eigenvalue weighted by molar-refractivity contribution is 0.823. The number of hydrogen-bond donors (Lipinski definition) is 0. The Labute approximate surface area is 147 Å². The monoisotopic (exact) mass is 328 g/mol. The van der Waals surface area contributed by atoms with Crippen LogP contribution < -0.4 is 0 Å². The average Bonchev–Trinajstić information content (AvgIpc) is 2.44. The first-order valence-corrected chi connectivity index (χ1v) is 9.73. The summed E-state index contributed by atoms with van der Waals surface area (Å²) >= 11 is 2.00. The maximum absolute atomic E-state index is 2.50. The van der Waals surface area contributed by atoms with Crippen LogP contribution >= 0.6 is 11.8 Å². The van der Waals surface area contributed by atoms with Crippen LogP contribution in [0.5, 0.6) is 0 Å². The van der Waals surface area contributed by atoms with E-state index >= 15 is 0 Å². The molecule has 0 nitrogen and oxygen atoms in total. The molecule has 0 fully saturated rings. The van der Waals surface area contributed by atoms with Crippen molar-refractivity contribution in [2.45, 2.75) is 73.5 Å². The first-order valence-electron chi connectivity index (χ1n) is 8.85. The lowest BCUT2D eigenvalue weighted by atomic mass is 9.78. The van der Waals surface area contributed by atoms with Gasteiger partial charge in [-0.25, -0.2) is 0 Å². The summed E-state index contributed by atoms with van der Waals surface area (Å²) in [5.41, 5.74) is 10.4. The molecular formula is C22H32S. The maximum Gasteiger partial charge on any atom is 0.0248 e. The van der Waals surface area contributed by atoms with Gasteiger partial charge in [-0.1, -0.05) is 39.8 Å². The van der Waals surface area contributed by atoms with Crippen molar-refractivity contribution in [2.24, 2.45) is 5.92 Å². The summed E-state index contributed by atoms with van der Waals surface area (Å²) in [5.74, 6) is 1.09. The van der Waals surface area contributed by atoms with Gasteiger partial charge >= 0.3 is 0 Å². The average molecular weight is 329 g/mol. The third kappa shape index (κ3) is 3.45. The minimum absolute atomic E-state index is 0.525. The summed E-state index contributed by atoms with van der Waals surface area (Å²) in [7, 11) is 0. The summed E-state index contributed by atoms with van der Waals surface area (Å²) in [6, 6.07) is 2.43. The third-order valence-corrected chi connectivity index (χ3v) is 6.26. The number of aryl methyl sites for hydroxylation is 1. The summed E-state index contributed by atoms with van der Waals surface area (Å²) < 4.78 is 0. The highest BCUT2D eigenvalue weighted by Crippen LogP contribution is 2.44. The number of fused-ring (bicyclic) bond motifs is 1. The SMILES string of the molecule is C/C1=C(\C)c2c(C)c(C)cc(C(C)C)c2/C(C(C)C)=C\[C@@H](C)S1. The number of hydrogen-bond acceptors (Lipinski definition) is 1. The van der Waals surface area contributed by atoms with Crippen molar-refractivity contribution in [3.05, 3.63) is 44.9 Å².